The van der Waals surface area contributed by atoms with Gasteiger partial charge in [-0.15, -0.1) is 23.2 Å². The van der Waals surface area contributed by atoms with Crippen molar-refractivity contribution in [2.75, 3.05) is 5.34 Å². The second-order valence-corrected chi connectivity index (χ2v) is 2.94. The van der Waals surface area contributed by atoms with Crippen LogP contribution in [0.3, 0.4) is 0 Å². The van der Waals surface area contributed by atoms with Crippen molar-refractivity contribution in [1.29, 1.82) is 0 Å². The summed E-state index contributed by atoms with van der Waals surface area (Å²) in [6.45, 7) is 0. The first-order valence-corrected chi connectivity index (χ1v) is 3.35. The molecule has 0 saturated heterocycles. The van der Waals surface area contributed by atoms with Gasteiger partial charge in [0.15, 0.2) is 3.78 Å². The summed E-state index contributed by atoms with van der Waals surface area (Å²) in [7, 11) is 0. The fourth-order valence-corrected chi connectivity index (χ4v) is 0. The molecule has 0 fully saturated rings. The van der Waals surface area contributed by atoms with Gasteiger partial charge in [-0.05, 0) is 0 Å². The van der Waals surface area contributed by atoms with Crippen molar-refractivity contribution in [1.82, 2.24) is 0 Å². The Morgan fingerprint density at radius 1 is 1.29 bits per heavy atom. The van der Waals surface area contributed by atoms with Crippen LogP contribution in [-0.4, -0.2) is 9.12 Å². The van der Waals surface area contributed by atoms with Crippen LogP contribution >= 0.6 is 58.6 Å². The molecule has 5 heteroatoms. The highest BCUT2D eigenvalue weighted by Crippen LogP contribution is 1.86. The van der Waals surface area contributed by atoms with Crippen molar-refractivity contribution < 1.29 is 0 Å². The first-order valence-electron chi connectivity index (χ1n) is 1.12. The fourth-order valence-electron chi connectivity index (χ4n) is 0. The van der Waals surface area contributed by atoms with E-state index in [1.807, 2.05) is 0 Å². The van der Waals surface area contributed by atoms with Crippen molar-refractivity contribution >= 4 is 62.4 Å². The third-order valence-electron chi connectivity index (χ3n) is 0. The van der Waals surface area contributed by atoms with Crippen LogP contribution < -0.4 is 0 Å². The molecule has 0 aliphatic heterocycles. The summed E-state index contributed by atoms with van der Waals surface area (Å²) >= 11 is 23.1. The zero-order chi connectivity index (χ0) is 6.28. The lowest BCUT2D eigenvalue weighted by atomic mass is 11.9. The Bertz CT molecular complexity index is 41.0. The van der Waals surface area contributed by atoms with Gasteiger partial charge in [-0.3, -0.25) is 0 Å². The van der Waals surface area contributed by atoms with E-state index in [-0.39, 0.29) is 9.12 Å². The van der Waals surface area contributed by atoms with E-state index < -0.39 is 0 Å². The summed E-state index contributed by atoms with van der Waals surface area (Å²) in [6, 6.07) is 0. The number of hydrogen-bond donors (Lipinski definition) is 0. The van der Waals surface area contributed by atoms with Crippen molar-refractivity contribution in [2.45, 2.75) is 0 Å². The van der Waals surface area contributed by atoms with E-state index in [0.29, 0.717) is 0 Å². The third kappa shape index (κ3) is 128. The Hall–Kier alpha value is 1.25. The van der Waals surface area contributed by atoms with Gasteiger partial charge < -0.3 is 0 Å². The van der Waals surface area contributed by atoms with Gasteiger partial charge in [0.2, 0.25) is 0 Å². The highest BCUT2D eigenvalue weighted by atomic mass is 35.5. The minimum absolute atomic E-state index is 0.0556. The van der Waals surface area contributed by atoms with Gasteiger partial charge >= 0.3 is 0 Å². The summed E-state index contributed by atoms with van der Waals surface area (Å²) in [5, 5.41) is 0.194. The van der Waals surface area contributed by atoms with Crippen molar-refractivity contribution in [3.8, 4) is 0 Å². The average molecular weight is 200 g/mol. The van der Waals surface area contributed by atoms with Gasteiger partial charge in [-0.1, -0.05) is 35.4 Å². The van der Waals surface area contributed by atoms with Crippen LogP contribution in [0.5, 0.6) is 0 Å². The molecule has 0 aromatic rings. The van der Waals surface area contributed by atoms with E-state index in [9.17, 15) is 0 Å². The second kappa shape index (κ2) is 10.3. The summed E-state index contributed by atoms with van der Waals surface area (Å²) in [4.78, 5) is 0. The summed E-state index contributed by atoms with van der Waals surface area (Å²) < 4.78 is -0.0556. The van der Waals surface area contributed by atoms with Crippen LogP contribution in [0.1, 0.15) is 0 Å². The fraction of sp³-hybridized carbons (Fsp3) is 0.500. The number of hydrogen-bond acceptors (Lipinski definition) is 1. The molecule has 0 rings (SSSR count). The number of rotatable bonds is 0. The molecule has 0 unspecified atom stereocenters. The minimum Gasteiger partial charge on any atom is -0.109 e. The average Bonchev–Trinajstić information content (AvgIpc) is 1.33. The van der Waals surface area contributed by atoms with E-state index in [4.69, 9.17) is 46.4 Å². The van der Waals surface area contributed by atoms with E-state index in [0.717, 1.165) is 0 Å². The van der Waals surface area contributed by atoms with E-state index in [1.54, 1.807) is 0 Å². The standard InChI is InChI=1S/CCl2S.CH2Cl2/c2-1(3)4;2-1-3/h;1H2. The van der Waals surface area contributed by atoms with Crippen molar-refractivity contribution in [2.24, 2.45) is 0 Å². The normalized spacial score (nSPS) is 6.29. The number of thiocarbonyl (C=S) groups is 1. The Morgan fingerprint density at radius 2 is 1.29 bits per heavy atom. The van der Waals surface area contributed by atoms with Crippen LogP contribution in [0.2, 0.25) is 0 Å². The molecule has 0 aromatic heterocycles. The predicted molar refractivity (Wildman–Crippen MR) is 40.9 cm³/mol. The maximum Gasteiger partial charge on any atom is 0.169 e. The molecule has 0 amide bonds. The molecule has 0 bridgehead atoms. The number of halogens is 4. The lowest BCUT2D eigenvalue weighted by molar-refractivity contribution is 2.20. The molecule has 0 aromatic carbocycles. The molecule has 0 nitrogen and oxygen atoms in total. The molecule has 0 spiro atoms. The quantitative estimate of drug-likeness (QED) is 0.328. The van der Waals surface area contributed by atoms with E-state index in [2.05, 4.69) is 12.2 Å². The highest BCUT2D eigenvalue weighted by molar-refractivity contribution is 7.86. The van der Waals surface area contributed by atoms with E-state index in [1.165, 1.54) is 0 Å². The summed E-state index contributed by atoms with van der Waals surface area (Å²) in [6.07, 6.45) is 0. The predicted octanol–water partition coefficient (Wildman–Crippen LogP) is 3.17. The smallest absolute Gasteiger partial charge is 0.109 e. The molecular formula is C2H2Cl4S. The van der Waals surface area contributed by atoms with Crippen molar-refractivity contribution in [3.63, 3.8) is 0 Å². The topological polar surface area (TPSA) is 0 Å². The first kappa shape index (κ1) is 11.1. The van der Waals surface area contributed by atoms with Gasteiger partial charge in [-0.25, -0.2) is 0 Å². The Balaban J connectivity index is 0. The van der Waals surface area contributed by atoms with Gasteiger partial charge in [-0.2, -0.15) is 0 Å². The molecule has 0 radical (unpaired) electrons. The molecule has 0 N–H and O–H groups in total. The Kier molecular flexibility index (Phi) is 16.3. The van der Waals surface area contributed by atoms with Gasteiger partial charge in [0.1, 0.15) is 0 Å². The number of alkyl halides is 2. The van der Waals surface area contributed by atoms with Gasteiger partial charge in [0, 0.05) is 0 Å². The molecular weight excluding hydrogens is 198 g/mol. The SMILES string of the molecule is ClCCl.S=C(Cl)Cl. The molecule has 44 valence electrons. The molecule has 0 saturated carbocycles. The largest absolute Gasteiger partial charge is 0.169 e. The summed E-state index contributed by atoms with van der Waals surface area (Å²) in [5.41, 5.74) is 0. The summed E-state index contributed by atoms with van der Waals surface area (Å²) in [5.74, 6) is 0. The maximum atomic E-state index is 4.77. The molecule has 0 aliphatic rings. The minimum atomic E-state index is -0.0556. The third-order valence-corrected chi connectivity index (χ3v) is 0. The Labute approximate surface area is 67.7 Å². The molecule has 0 heterocycles. The van der Waals surface area contributed by atoms with Crippen LogP contribution in [0.4, 0.5) is 0 Å². The second-order valence-electron chi connectivity index (χ2n) is 0.327. The van der Waals surface area contributed by atoms with Gasteiger partial charge in [0.05, 0.1) is 5.34 Å². The lowest BCUT2D eigenvalue weighted by Crippen LogP contribution is -1.45. The lowest BCUT2D eigenvalue weighted by Gasteiger charge is -1.53. The van der Waals surface area contributed by atoms with Crippen LogP contribution in [0.15, 0.2) is 0 Å². The van der Waals surface area contributed by atoms with Crippen LogP contribution in [0.25, 0.3) is 0 Å². The van der Waals surface area contributed by atoms with Crippen LogP contribution in [0, 0.1) is 0 Å². The molecule has 0 atom stereocenters. The van der Waals surface area contributed by atoms with Crippen LogP contribution in [-0.2, 0) is 0 Å². The zero-order valence-corrected chi connectivity index (χ0v) is 6.97. The first-order chi connectivity index (χ1) is 3.15. The van der Waals surface area contributed by atoms with Gasteiger partial charge in [0.25, 0.3) is 0 Å². The maximum absolute atomic E-state index is 4.77. The van der Waals surface area contributed by atoms with E-state index >= 15 is 0 Å². The zero-order valence-electron chi connectivity index (χ0n) is 3.13. The van der Waals surface area contributed by atoms with Crippen molar-refractivity contribution in [3.05, 3.63) is 0 Å². The highest BCUT2D eigenvalue weighted by Gasteiger charge is 1.64. The molecule has 7 heavy (non-hydrogen) atoms. The monoisotopic (exact) mass is 198 g/mol. The molecule has 0 aliphatic carbocycles. The Morgan fingerprint density at radius 3 is 1.29 bits per heavy atom.